The molecule has 114 valence electrons. The number of phenolic OH excluding ortho intramolecular Hbond substituents is 3. The lowest BCUT2D eigenvalue weighted by atomic mass is 10.1. The molecule has 0 radical (unpaired) electrons. The number of methoxy groups -OCH3 is 2. The first-order valence-electron chi connectivity index (χ1n) is 6.24. The number of ether oxygens (including phenoxy) is 2. The monoisotopic (exact) mass is 304 g/mol. The van der Waals surface area contributed by atoms with Gasteiger partial charge in [-0.2, -0.15) is 0 Å². The standard InChI is InChI=1S/C15H12O7/c1-20-11-5-10-12(14(19)15(11)21-2)13(18)6-3-7(16)8(17)4-9(6)22-10/h3-5,16-17,19H,1-2H3. The molecule has 0 saturated carbocycles. The van der Waals surface area contributed by atoms with E-state index in [0.717, 1.165) is 12.1 Å². The Kier molecular flexibility index (Phi) is 2.98. The van der Waals surface area contributed by atoms with Crippen LogP contribution in [0.5, 0.6) is 28.7 Å². The van der Waals surface area contributed by atoms with Gasteiger partial charge in [-0.3, -0.25) is 4.79 Å². The zero-order chi connectivity index (χ0) is 16.0. The molecule has 3 N–H and O–H groups in total. The van der Waals surface area contributed by atoms with Crippen molar-refractivity contribution in [2.75, 3.05) is 14.2 Å². The van der Waals surface area contributed by atoms with E-state index in [0.29, 0.717) is 0 Å². The summed E-state index contributed by atoms with van der Waals surface area (Å²) in [5, 5.41) is 29.2. The van der Waals surface area contributed by atoms with Gasteiger partial charge in [-0.15, -0.1) is 0 Å². The Balaban J connectivity index is 2.55. The maximum absolute atomic E-state index is 12.5. The largest absolute Gasteiger partial charge is 0.504 e. The summed E-state index contributed by atoms with van der Waals surface area (Å²) in [4.78, 5) is 12.5. The van der Waals surface area contributed by atoms with Crippen LogP contribution in [-0.4, -0.2) is 29.5 Å². The summed E-state index contributed by atoms with van der Waals surface area (Å²) >= 11 is 0. The van der Waals surface area contributed by atoms with E-state index in [9.17, 15) is 20.1 Å². The number of rotatable bonds is 2. The van der Waals surface area contributed by atoms with Gasteiger partial charge in [0.25, 0.3) is 0 Å². The van der Waals surface area contributed by atoms with E-state index in [-0.39, 0.29) is 33.4 Å². The van der Waals surface area contributed by atoms with Crippen molar-refractivity contribution in [3.05, 3.63) is 28.4 Å². The second-order valence-corrected chi connectivity index (χ2v) is 4.60. The summed E-state index contributed by atoms with van der Waals surface area (Å²) in [5.74, 6) is -1.10. The van der Waals surface area contributed by atoms with E-state index in [1.54, 1.807) is 0 Å². The molecule has 0 spiro atoms. The minimum atomic E-state index is -0.565. The molecule has 0 fully saturated rings. The zero-order valence-corrected chi connectivity index (χ0v) is 11.7. The fourth-order valence-electron chi connectivity index (χ4n) is 2.33. The van der Waals surface area contributed by atoms with Crippen LogP contribution in [0.15, 0.2) is 27.4 Å². The van der Waals surface area contributed by atoms with E-state index in [4.69, 9.17) is 13.9 Å². The molecular weight excluding hydrogens is 292 g/mol. The first kappa shape index (κ1) is 13.9. The summed E-state index contributed by atoms with van der Waals surface area (Å²) in [6, 6.07) is 3.60. The highest BCUT2D eigenvalue weighted by Crippen LogP contribution is 2.42. The molecule has 0 aliphatic carbocycles. The maximum atomic E-state index is 12.5. The van der Waals surface area contributed by atoms with E-state index >= 15 is 0 Å². The van der Waals surface area contributed by atoms with Crippen molar-refractivity contribution in [1.82, 2.24) is 0 Å². The van der Waals surface area contributed by atoms with Gasteiger partial charge in [-0.1, -0.05) is 0 Å². The molecule has 2 aromatic carbocycles. The van der Waals surface area contributed by atoms with Gasteiger partial charge in [0.1, 0.15) is 16.6 Å². The number of phenols is 3. The summed E-state index contributed by atoms with van der Waals surface area (Å²) < 4.78 is 15.6. The Hall–Kier alpha value is -3.09. The van der Waals surface area contributed by atoms with Gasteiger partial charge in [-0.25, -0.2) is 0 Å². The van der Waals surface area contributed by atoms with Gasteiger partial charge in [0, 0.05) is 12.1 Å². The van der Waals surface area contributed by atoms with Crippen LogP contribution in [-0.2, 0) is 0 Å². The molecule has 1 aromatic heterocycles. The van der Waals surface area contributed by atoms with Crippen LogP contribution in [0.3, 0.4) is 0 Å². The number of fused-ring (bicyclic) bond motifs is 2. The van der Waals surface area contributed by atoms with Crippen LogP contribution in [0.4, 0.5) is 0 Å². The smallest absolute Gasteiger partial charge is 0.204 e. The molecule has 7 nitrogen and oxygen atoms in total. The molecule has 0 unspecified atom stereocenters. The fraction of sp³-hybridized carbons (Fsp3) is 0.133. The van der Waals surface area contributed by atoms with E-state index in [1.807, 2.05) is 0 Å². The Bertz CT molecular complexity index is 956. The second-order valence-electron chi connectivity index (χ2n) is 4.60. The average molecular weight is 304 g/mol. The highest BCUT2D eigenvalue weighted by molar-refractivity contribution is 5.96. The van der Waals surface area contributed by atoms with Crippen LogP contribution in [0.1, 0.15) is 0 Å². The fourth-order valence-corrected chi connectivity index (χ4v) is 2.33. The van der Waals surface area contributed by atoms with Crippen LogP contribution in [0, 0.1) is 0 Å². The minimum absolute atomic E-state index is 0.00431. The van der Waals surface area contributed by atoms with Gasteiger partial charge in [0.15, 0.2) is 23.0 Å². The van der Waals surface area contributed by atoms with Gasteiger partial charge < -0.3 is 29.2 Å². The van der Waals surface area contributed by atoms with Crippen molar-refractivity contribution in [3.8, 4) is 28.7 Å². The molecule has 0 bridgehead atoms. The van der Waals surface area contributed by atoms with Crippen molar-refractivity contribution >= 4 is 21.9 Å². The SMILES string of the molecule is COc1cc2oc3cc(O)c(O)cc3c(=O)c2c(O)c1OC. The van der Waals surface area contributed by atoms with Gasteiger partial charge >= 0.3 is 0 Å². The first-order chi connectivity index (χ1) is 10.5. The molecular formula is C15H12O7. The second kappa shape index (κ2) is 4.73. The summed E-state index contributed by atoms with van der Waals surface area (Å²) in [7, 11) is 2.71. The molecule has 0 amide bonds. The molecule has 22 heavy (non-hydrogen) atoms. The Morgan fingerprint density at radius 2 is 1.64 bits per heavy atom. The van der Waals surface area contributed by atoms with Gasteiger partial charge in [0.05, 0.1) is 19.6 Å². The molecule has 7 heteroatoms. The molecule has 0 saturated heterocycles. The minimum Gasteiger partial charge on any atom is -0.504 e. The van der Waals surface area contributed by atoms with Crippen molar-refractivity contribution in [2.45, 2.75) is 0 Å². The highest BCUT2D eigenvalue weighted by atomic mass is 16.5. The third-order valence-corrected chi connectivity index (χ3v) is 3.38. The van der Waals surface area contributed by atoms with Crippen LogP contribution in [0.2, 0.25) is 0 Å². The maximum Gasteiger partial charge on any atom is 0.204 e. The molecule has 1 heterocycles. The van der Waals surface area contributed by atoms with Gasteiger partial charge in [0.2, 0.25) is 11.2 Å². The van der Waals surface area contributed by atoms with Crippen molar-refractivity contribution in [1.29, 1.82) is 0 Å². The van der Waals surface area contributed by atoms with Crippen molar-refractivity contribution < 1.29 is 29.2 Å². The number of hydrogen-bond acceptors (Lipinski definition) is 7. The van der Waals surface area contributed by atoms with Crippen molar-refractivity contribution in [3.63, 3.8) is 0 Å². The highest BCUT2D eigenvalue weighted by Gasteiger charge is 2.20. The predicted molar refractivity (Wildman–Crippen MR) is 78.1 cm³/mol. The Morgan fingerprint density at radius 1 is 0.955 bits per heavy atom. The third-order valence-electron chi connectivity index (χ3n) is 3.38. The summed E-state index contributed by atoms with van der Waals surface area (Å²) in [5.41, 5.74) is -0.429. The van der Waals surface area contributed by atoms with E-state index < -0.39 is 22.7 Å². The lowest BCUT2D eigenvalue weighted by molar-refractivity contribution is 0.334. The molecule has 3 rings (SSSR count). The van der Waals surface area contributed by atoms with Crippen molar-refractivity contribution in [2.24, 2.45) is 0 Å². The number of benzene rings is 2. The van der Waals surface area contributed by atoms with E-state index in [2.05, 4.69) is 0 Å². The molecule has 3 aromatic rings. The normalized spacial score (nSPS) is 11.0. The average Bonchev–Trinajstić information content (AvgIpc) is 2.49. The molecule has 0 aliphatic rings. The van der Waals surface area contributed by atoms with Crippen LogP contribution < -0.4 is 14.9 Å². The first-order valence-corrected chi connectivity index (χ1v) is 6.24. The molecule has 0 atom stereocenters. The quantitative estimate of drug-likeness (QED) is 0.491. The Morgan fingerprint density at radius 3 is 2.27 bits per heavy atom. The number of aromatic hydroxyl groups is 3. The predicted octanol–water partition coefficient (Wildman–Crippen LogP) is 2.08. The lowest BCUT2D eigenvalue weighted by Gasteiger charge is -2.11. The number of hydrogen-bond donors (Lipinski definition) is 3. The molecule has 0 aliphatic heterocycles. The lowest BCUT2D eigenvalue weighted by Crippen LogP contribution is -2.04. The summed E-state index contributed by atoms with van der Waals surface area (Å²) in [6.45, 7) is 0. The van der Waals surface area contributed by atoms with Crippen LogP contribution in [0.25, 0.3) is 21.9 Å². The zero-order valence-electron chi connectivity index (χ0n) is 11.7. The Labute approximate surface area is 123 Å². The third kappa shape index (κ3) is 1.79. The topological polar surface area (TPSA) is 109 Å². The van der Waals surface area contributed by atoms with E-state index in [1.165, 1.54) is 20.3 Å². The summed E-state index contributed by atoms with van der Waals surface area (Å²) in [6.07, 6.45) is 0. The van der Waals surface area contributed by atoms with Gasteiger partial charge in [-0.05, 0) is 6.07 Å². The van der Waals surface area contributed by atoms with Crippen LogP contribution >= 0.6 is 0 Å².